The fourth-order valence-electron chi connectivity index (χ4n) is 1.15. The van der Waals surface area contributed by atoms with Crippen molar-refractivity contribution in [1.82, 2.24) is 15.2 Å². The van der Waals surface area contributed by atoms with Gasteiger partial charge in [0.2, 0.25) is 0 Å². The van der Waals surface area contributed by atoms with Crippen LogP contribution < -0.4 is 4.90 Å². The van der Waals surface area contributed by atoms with Gasteiger partial charge in [-0.3, -0.25) is 5.10 Å². The molecule has 0 unspecified atom stereocenters. The highest BCUT2D eigenvalue weighted by molar-refractivity contribution is 5.86. The largest absolute Gasteiger partial charge is 0.476 e. The minimum atomic E-state index is -1.09. The highest BCUT2D eigenvalue weighted by Gasteiger charge is 2.13. The van der Waals surface area contributed by atoms with Gasteiger partial charge in [0, 0.05) is 20.2 Å². The van der Waals surface area contributed by atoms with Crippen molar-refractivity contribution in [3.63, 3.8) is 0 Å². The number of oxazole rings is 1. The van der Waals surface area contributed by atoms with Gasteiger partial charge >= 0.3 is 5.97 Å². The average Bonchev–Trinajstić information content (AvgIpc) is 2.86. The summed E-state index contributed by atoms with van der Waals surface area (Å²) in [6, 6.07) is 1.84. The minimum Gasteiger partial charge on any atom is -0.476 e. The Morgan fingerprint density at radius 3 is 2.81 bits per heavy atom. The number of aromatic nitrogens is 3. The second kappa shape index (κ2) is 3.69. The van der Waals surface area contributed by atoms with Gasteiger partial charge in [0.1, 0.15) is 5.69 Å². The Bertz CT molecular complexity index is 514. The quantitative estimate of drug-likeness (QED) is 0.798. The Morgan fingerprint density at radius 2 is 2.31 bits per heavy atom. The van der Waals surface area contributed by atoms with Crippen molar-refractivity contribution in [3.8, 4) is 11.5 Å². The van der Waals surface area contributed by atoms with Crippen molar-refractivity contribution in [2.45, 2.75) is 0 Å². The number of H-pyrrole nitrogens is 1. The van der Waals surface area contributed by atoms with Crippen LogP contribution >= 0.6 is 0 Å². The summed E-state index contributed by atoms with van der Waals surface area (Å²) in [4.78, 5) is 16.3. The molecule has 0 radical (unpaired) electrons. The number of aromatic amines is 1. The molecule has 2 rings (SSSR count). The van der Waals surface area contributed by atoms with Gasteiger partial charge in [0.25, 0.3) is 6.01 Å². The maximum Gasteiger partial charge on any atom is 0.356 e. The van der Waals surface area contributed by atoms with Crippen LogP contribution in [-0.2, 0) is 0 Å². The van der Waals surface area contributed by atoms with E-state index < -0.39 is 5.97 Å². The molecule has 0 atom stereocenters. The smallest absolute Gasteiger partial charge is 0.356 e. The fourth-order valence-corrected chi connectivity index (χ4v) is 1.15. The molecule has 0 aliphatic heterocycles. The van der Waals surface area contributed by atoms with E-state index in [0.29, 0.717) is 17.5 Å². The summed E-state index contributed by atoms with van der Waals surface area (Å²) in [5.74, 6) is -0.640. The van der Waals surface area contributed by atoms with Gasteiger partial charge < -0.3 is 14.4 Å². The third-order valence-corrected chi connectivity index (χ3v) is 1.94. The second-order valence-electron chi connectivity index (χ2n) is 3.37. The third-order valence-electron chi connectivity index (χ3n) is 1.94. The first kappa shape index (κ1) is 10.2. The van der Waals surface area contributed by atoms with E-state index in [-0.39, 0.29) is 5.69 Å². The van der Waals surface area contributed by atoms with E-state index in [9.17, 15) is 4.79 Å². The van der Waals surface area contributed by atoms with Crippen molar-refractivity contribution in [1.29, 1.82) is 0 Å². The minimum absolute atomic E-state index is 0.0576. The van der Waals surface area contributed by atoms with Gasteiger partial charge in [0.05, 0.1) is 6.20 Å². The number of nitrogens with zero attached hydrogens (tertiary/aromatic N) is 3. The highest BCUT2D eigenvalue weighted by Crippen LogP contribution is 2.22. The van der Waals surface area contributed by atoms with Crippen molar-refractivity contribution < 1.29 is 14.3 Å². The number of hydrogen-bond donors (Lipinski definition) is 2. The average molecular weight is 222 g/mol. The Morgan fingerprint density at radius 1 is 1.56 bits per heavy atom. The van der Waals surface area contributed by atoms with Crippen molar-refractivity contribution in [2.75, 3.05) is 19.0 Å². The van der Waals surface area contributed by atoms with Gasteiger partial charge in [-0.1, -0.05) is 0 Å². The van der Waals surface area contributed by atoms with E-state index in [1.165, 1.54) is 12.3 Å². The number of rotatable bonds is 3. The molecule has 0 aliphatic carbocycles. The molecule has 7 heteroatoms. The standard InChI is InChI=1S/C9H10N4O3/c1-13(2)9-10-4-7(16-9)5-3-6(8(14)15)12-11-5/h3-4H,1-2H3,(H,11,12)(H,14,15). The third kappa shape index (κ3) is 1.74. The van der Waals surface area contributed by atoms with Gasteiger partial charge in [-0.15, -0.1) is 0 Å². The monoisotopic (exact) mass is 222 g/mol. The van der Waals surface area contributed by atoms with Crippen LogP contribution in [0.1, 0.15) is 10.5 Å². The van der Waals surface area contributed by atoms with Crippen LogP contribution in [0.3, 0.4) is 0 Å². The molecule has 0 saturated heterocycles. The Labute approximate surface area is 90.7 Å². The first-order valence-electron chi connectivity index (χ1n) is 4.50. The molecule has 0 aromatic carbocycles. The van der Waals surface area contributed by atoms with E-state index in [4.69, 9.17) is 9.52 Å². The maximum absolute atomic E-state index is 10.6. The van der Waals surface area contributed by atoms with Crippen LogP contribution in [0.4, 0.5) is 6.01 Å². The lowest BCUT2D eigenvalue weighted by atomic mass is 10.3. The zero-order chi connectivity index (χ0) is 11.7. The van der Waals surface area contributed by atoms with Gasteiger partial charge in [-0.05, 0) is 0 Å². The number of carboxylic acids is 1. The Balaban J connectivity index is 2.31. The number of aromatic carboxylic acids is 1. The SMILES string of the molecule is CN(C)c1ncc(-c2cc(C(=O)O)n[nH]2)o1. The van der Waals surface area contributed by atoms with Crippen LogP contribution in [-0.4, -0.2) is 40.4 Å². The van der Waals surface area contributed by atoms with Crippen LogP contribution in [0.5, 0.6) is 0 Å². The summed E-state index contributed by atoms with van der Waals surface area (Å²) in [5, 5.41) is 14.9. The first-order chi connectivity index (χ1) is 7.58. The lowest BCUT2D eigenvalue weighted by molar-refractivity contribution is 0.0690. The molecule has 84 valence electrons. The summed E-state index contributed by atoms with van der Waals surface area (Å²) >= 11 is 0. The van der Waals surface area contributed by atoms with Crippen molar-refractivity contribution in [3.05, 3.63) is 18.0 Å². The summed E-state index contributed by atoms with van der Waals surface area (Å²) < 4.78 is 5.37. The molecule has 0 fully saturated rings. The molecule has 7 nitrogen and oxygen atoms in total. The summed E-state index contributed by atoms with van der Waals surface area (Å²) in [6.45, 7) is 0. The molecule has 0 saturated carbocycles. The van der Waals surface area contributed by atoms with E-state index in [0.717, 1.165) is 0 Å². The molecular formula is C9H10N4O3. The van der Waals surface area contributed by atoms with Crippen molar-refractivity contribution >= 4 is 12.0 Å². The normalized spacial score (nSPS) is 10.4. The van der Waals surface area contributed by atoms with Crippen LogP contribution in [0.25, 0.3) is 11.5 Å². The molecule has 16 heavy (non-hydrogen) atoms. The Hall–Kier alpha value is -2.31. The van der Waals surface area contributed by atoms with E-state index in [1.807, 2.05) is 0 Å². The molecule has 2 heterocycles. The highest BCUT2D eigenvalue weighted by atomic mass is 16.4. The van der Waals surface area contributed by atoms with Crippen LogP contribution in [0.2, 0.25) is 0 Å². The molecule has 2 N–H and O–H groups in total. The van der Waals surface area contributed by atoms with E-state index in [2.05, 4.69) is 15.2 Å². The molecule has 0 aliphatic rings. The predicted molar refractivity (Wildman–Crippen MR) is 55.4 cm³/mol. The number of hydrogen-bond acceptors (Lipinski definition) is 5. The second-order valence-corrected chi connectivity index (χ2v) is 3.37. The number of carboxylic acid groups (broad SMARTS) is 1. The lowest BCUT2D eigenvalue weighted by Crippen LogP contribution is -2.08. The summed E-state index contributed by atoms with van der Waals surface area (Å²) in [5.41, 5.74) is 0.427. The zero-order valence-corrected chi connectivity index (χ0v) is 8.76. The van der Waals surface area contributed by atoms with Gasteiger partial charge in [-0.2, -0.15) is 5.10 Å². The lowest BCUT2D eigenvalue weighted by Gasteiger charge is -2.03. The first-order valence-corrected chi connectivity index (χ1v) is 4.50. The van der Waals surface area contributed by atoms with Crippen LogP contribution in [0.15, 0.2) is 16.7 Å². The Kier molecular flexibility index (Phi) is 2.35. The summed E-state index contributed by atoms with van der Waals surface area (Å²) in [6.07, 6.45) is 1.51. The maximum atomic E-state index is 10.6. The molecular weight excluding hydrogens is 212 g/mol. The number of anilines is 1. The van der Waals surface area contributed by atoms with Crippen molar-refractivity contribution in [2.24, 2.45) is 0 Å². The van der Waals surface area contributed by atoms with Crippen LogP contribution in [0, 0.1) is 0 Å². The summed E-state index contributed by atoms with van der Waals surface area (Å²) in [7, 11) is 3.59. The predicted octanol–water partition coefficient (Wildman–Crippen LogP) is 0.829. The molecule has 0 spiro atoms. The zero-order valence-electron chi connectivity index (χ0n) is 8.76. The molecule has 2 aromatic rings. The molecule has 0 amide bonds. The van der Waals surface area contributed by atoms with E-state index in [1.54, 1.807) is 19.0 Å². The fraction of sp³-hybridized carbons (Fsp3) is 0.222. The van der Waals surface area contributed by atoms with E-state index >= 15 is 0 Å². The van der Waals surface area contributed by atoms with Gasteiger partial charge in [0.15, 0.2) is 11.5 Å². The number of nitrogens with one attached hydrogen (secondary N) is 1. The van der Waals surface area contributed by atoms with Gasteiger partial charge in [-0.25, -0.2) is 9.78 Å². The number of carbonyl (C=O) groups is 1. The molecule has 2 aromatic heterocycles. The topological polar surface area (TPSA) is 95.3 Å². The molecule has 0 bridgehead atoms.